The van der Waals surface area contributed by atoms with E-state index in [2.05, 4.69) is 40.4 Å². The Morgan fingerprint density at radius 1 is 1.31 bits per heavy atom. The quantitative estimate of drug-likeness (QED) is 0.656. The molecule has 7 nitrogen and oxygen atoms in total. The third kappa shape index (κ3) is 4.36. The van der Waals surface area contributed by atoms with Crippen LogP contribution in [0.4, 0.5) is 5.82 Å². The van der Waals surface area contributed by atoms with Crippen molar-refractivity contribution in [1.29, 1.82) is 5.26 Å². The van der Waals surface area contributed by atoms with Gasteiger partial charge in [-0.05, 0) is 50.2 Å². The molecule has 7 heteroatoms. The number of nitriles is 1. The summed E-state index contributed by atoms with van der Waals surface area (Å²) in [6, 6.07) is 6.22. The lowest BCUT2D eigenvalue weighted by Gasteiger charge is -2.37. The van der Waals surface area contributed by atoms with Crippen LogP contribution in [0.3, 0.4) is 0 Å². The highest BCUT2D eigenvalue weighted by atomic mass is 16.2. The third-order valence-corrected chi connectivity index (χ3v) is 6.29. The Morgan fingerprint density at radius 3 is 2.69 bits per heavy atom. The molecule has 0 saturated carbocycles. The molecule has 2 amide bonds. The van der Waals surface area contributed by atoms with Crippen LogP contribution in [0.2, 0.25) is 0 Å². The van der Waals surface area contributed by atoms with Crippen LogP contribution in [0, 0.1) is 22.7 Å². The molecule has 3 heterocycles. The van der Waals surface area contributed by atoms with E-state index in [9.17, 15) is 9.59 Å². The van der Waals surface area contributed by atoms with Gasteiger partial charge < -0.3 is 15.5 Å². The maximum atomic E-state index is 13.4. The summed E-state index contributed by atoms with van der Waals surface area (Å²) in [4.78, 5) is 31.3. The Kier molecular flexibility index (Phi) is 6.41. The minimum absolute atomic E-state index is 0.0910. The van der Waals surface area contributed by atoms with Crippen LogP contribution in [0.15, 0.2) is 18.3 Å². The zero-order valence-corrected chi connectivity index (χ0v) is 17.6. The first kappa shape index (κ1) is 21.1. The number of aromatic nitrogens is 1. The molecule has 0 radical (unpaired) electrons. The molecule has 0 aromatic carbocycles. The molecule has 1 aromatic rings. The van der Waals surface area contributed by atoms with Gasteiger partial charge in [0, 0.05) is 38.3 Å². The highest BCUT2D eigenvalue weighted by Gasteiger charge is 2.59. The van der Waals surface area contributed by atoms with Crippen LogP contribution in [0.5, 0.6) is 0 Å². The molecule has 2 bridgehead atoms. The highest BCUT2D eigenvalue weighted by Crippen LogP contribution is 2.54. The molecule has 0 aliphatic carbocycles. The number of anilines is 1. The van der Waals surface area contributed by atoms with Crippen LogP contribution in [0.1, 0.15) is 58.4 Å². The normalized spacial score (nSPS) is 25.1. The molecule has 2 aliphatic heterocycles. The maximum absolute atomic E-state index is 13.4. The van der Waals surface area contributed by atoms with Gasteiger partial charge in [0.2, 0.25) is 11.8 Å². The second kappa shape index (κ2) is 8.81. The van der Waals surface area contributed by atoms with E-state index < -0.39 is 5.41 Å². The number of rotatable bonds is 8. The standard InChI is InChI=1S/C22H31N5O2/c1-15(2)8-9-22(21(29)25-11-10-24-16(3)28)12-18-5-6-19(22)27(18)20-7-4-17(13-23)14-26-20/h4,7,14-15,18-19H,5-6,8-12H2,1-3H3,(H,24,28)(H,25,29)/t18-,19+,22+/m1/s1. The predicted octanol–water partition coefficient (Wildman–Crippen LogP) is 2.37. The SMILES string of the molecule is CC(=O)NCCNC(=O)[C@@]1(CCC(C)C)C[C@H]2CC[C@@H]1N2c1ccc(C#N)cn1. The lowest BCUT2D eigenvalue weighted by molar-refractivity contribution is -0.133. The second-order valence-corrected chi connectivity index (χ2v) is 8.70. The summed E-state index contributed by atoms with van der Waals surface area (Å²) in [6.45, 7) is 6.74. The van der Waals surface area contributed by atoms with E-state index in [0.29, 0.717) is 30.6 Å². The van der Waals surface area contributed by atoms with Gasteiger partial charge in [-0.2, -0.15) is 5.26 Å². The summed E-state index contributed by atoms with van der Waals surface area (Å²) in [6.07, 6.45) is 6.33. The zero-order chi connectivity index (χ0) is 21.0. The number of nitrogens with one attached hydrogen (secondary N) is 2. The van der Waals surface area contributed by atoms with Gasteiger partial charge >= 0.3 is 0 Å². The number of carbonyl (C=O) groups excluding carboxylic acids is 2. The second-order valence-electron chi connectivity index (χ2n) is 8.70. The number of carbonyl (C=O) groups is 2. The summed E-state index contributed by atoms with van der Waals surface area (Å²) in [5.74, 6) is 1.38. The lowest BCUT2D eigenvalue weighted by Crippen LogP contribution is -2.50. The first-order valence-corrected chi connectivity index (χ1v) is 10.5. The fourth-order valence-electron chi connectivity index (χ4n) is 4.90. The molecule has 3 rings (SSSR count). The van der Waals surface area contributed by atoms with Crippen LogP contribution in [-0.4, -0.2) is 42.0 Å². The molecule has 2 fully saturated rings. The largest absolute Gasteiger partial charge is 0.355 e. The lowest BCUT2D eigenvalue weighted by atomic mass is 9.69. The Balaban J connectivity index is 1.80. The van der Waals surface area contributed by atoms with Crippen LogP contribution >= 0.6 is 0 Å². The Hall–Kier alpha value is -2.62. The van der Waals surface area contributed by atoms with E-state index in [1.807, 2.05) is 6.07 Å². The number of nitrogens with zero attached hydrogens (tertiary/aromatic N) is 3. The minimum Gasteiger partial charge on any atom is -0.355 e. The van der Waals surface area contributed by atoms with Crippen molar-refractivity contribution >= 4 is 17.6 Å². The van der Waals surface area contributed by atoms with Gasteiger partial charge in [-0.15, -0.1) is 0 Å². The number of amides is 2. The molecule has 3 atom stereocenters. The molecule has 1 aromatic heterocycles. The maximum Gasteiger partial charge on any atom is 0.228 e. The number of fused-ring (bicyclic) bond motifs is 2. The highest BCUT2D eigenvalue weighted by molar-refractivity contribution is 5.85. The van der Waals surface area contributed by atoms with Crippen molar-refractivity contribution in [2.75, 3.05) is 18.0 Å². The summed E-state index contributed by atoms with van der Waals surface area (Å²) in [7, 11) is 0. The molecular weight excluding hydrogens is 366 g/mol. The van der Waals surface area contributed by atoms with E-state index in [1.54, 1.807) is 12.3 Å². The summed E-state index contributed by atoms with van der Waals surface area (Å²) >= 11 is 0. The van der Waals surface area contributed by atoms with Crippen molar-refractivity contribution in [3.63, 3.8) is 0 Å². The Morgan fingerprint density at radius 2 is 2.07 bits per heavy atom. The van der Waals surface area contributed by atoms with E-state index in [1.165, 1.54) is 6.92 Å². The number of hydrogen-bond acceptors (Lipinski definition) is 5. The van der Waals surface area contributed by atoms with Gasteiger partial charge in [0.15, 0.2) is 0 Å². The number of pyridine rings is 1. The molecule has 156 valence electrons. The van der Waals surface area contributed by atoms with Crippen molar-refractivity contribution in [2.24, 2.45) is 11.3 Å². The van der Waals surface area contributed by atoms with E-state index in [4.69, 9.17) is 5.26 Å². The third-order valence-electron chi connectivity index (χ3n) is 6.29. The fourth-order valence-corrected chi connectivity index (χ4v) is 4.90. The van der Waals surface area contributed by atoms with E-state index >= 15 is 0 Å². The van der Waals surface area contributed by atoms with Gasteiger partial charge in [0.05, 0.1) is 11.0 Å². The van der Waals surface area contributed by atoms with Gasteiger partial charge in [-0.3, -0.25) is 9.59 Å². The van der Waals surface area contributed by atoms with Gasteiger partial charge in [0.25, 0.3) is 0 Å². The van der Waals surface area contributed by atoms with Crippen molar-refractivity contribution in [2.45, 2.75) is 65.0 Å². The Bertz CT molecular complexity index is 785. The molecule has 2 saturated heterocycles. The van der Waals surface area contributed by atoms with Crippen molar-refractivity contribution in [3.05, 3.63) is 23.9 Å². The van der Waals surface area contributed by atoms with Crippen molar-refractivity contribution in [1.82, 2.24) is 15.6 Å². The summed E-state index contributed by atoms with van der Waals surface area (Å²) < 4.78 is 0. The zero-order valence-electron chi connectivity index (χ0n) is 17.6. The monoisotopic (exact) mass is 397 g/mol. The first-order chi connectivity index (χ1) is 13.9. The van der Waals surface area contributed by atoms with E-state index in [0.717, 1.165) is 37.9 Å². The molecule has 2 aliphatic rings. The Labute approximate surface area is 172 Å². The van der Waals surface area contributed by atoms with Gasteiger partial charge in [-0.25, -0.2) is 4.98 Å². The van der Waals surface area contributed by atoms with Gasteiger partial charge in [-0.1, -0.05) is 13.8 Å². The van der Waals surface area contributed by atoms with E-state index in [-0.39, 0.29) is 17.9 Å². The van der Waals surface area contributed by atoms with Crippen LogP contribution in [0.25, 0.3) is 0 Å². The number of hydrogen-bond donors (Lipinski definition) is 2. The molecule has 29 heavy (non-hydrogen) atoms. The molecular formula is C22H31N5O2. The fraction of sp³-hybridized carbons (Fsp3) is 0.636. The summed E-state index contributed by atoms with van der Waals surface area (Å²) in [5.41, 5.74) is 0.112. The summed E-state index contributed by atoms with van der Waals surface area (Å²) in [5, 5.41) is 14.9. The topological polar surface area (TPSA) is 98.1 Å². The van der Waals surface area contributed by atoms with Crippen LogP contribution in [-0.2, 0) is 9.59 Å². The smallest absolute Gasteiger partial charge is 0.228 e. The van der Waals surface area contributed by atoms with Crippen molar-refractivity contribution < 1.29 is 9.59 Å². The molecule has 2 N–H and O–H groups in total. The van der Waals surface area contributed by atoms with Crippen molar-refractivity contribution in [3.8, 4) is 6.07 Å². The average Bonchev–Trinajstić information content (AvgIpc) is 3.26. The average molecular weight is 398 g/mol. The van der Waals surface area contributed by atoms with Gasteiger partial charge in [0.1, 0.15) is 11.9 Å². The van der Waals surface area contributed by atoms with Crippen LogP contribution < -0.4 is 15.5 Å². The molecule has 0 spiro atoms. The first-order valence-electron chi connectivity index (χ1n) is 10.5. The predicted molar refractivity (Wildman–Crippen MR) is 111 cm³/mol. The minimum atomic E-state index is -0.432. The molecule has 0 unspecified atom stereocenters.